The van der Waals surface area contributed by atoms with Gasteiger partial charge in [0.15, 0.2) is 5.82 Å². The van der Waals surface area contributed by atoms with Crippen molar-refractivity contribution in [1.29, 1.82) is 0 Å². The zero-order chi connectivity index (χ0) is 24.9. The summed E-state index contributed by atoms with van der Waals surface area (Å²) < 4.78 is 56.0. The van der Waals surface area contributed by atoms with Gasteiger partial charge >= 0.3 is 0 Å². The van der Waals surface area contributed by atoms with Crippen LogP contribution in [0.2, 0.25) is 5.02 Å². The Hall–Kier alpha value is -2.63. The van der Waals surface area contributed by atoms with E-state index in [9.17, 15) is 16.8 Å². The smallest absolute Gasteiger partial charge is 0.261 e. The maximum Gasteiger partial charge on any atom is 0.261 e. The SMILES string of the molecule is CC(C)(C)c1ccc(S(=O)(=O)Nc2ccc(Cl)cc2-n2nnc3c2CCCN3S(C)(=O)=O)cc1. The first kappa shape index (κ1) is 24.5. The lowest BCUT2D eigenvalue weighted by molar-refractivity contribution is 0.587. The van der Waals surface area contributed by atoms with Crippen LogP contribution in [0, 0.1) is 0 Å². The number of nitrogens with one attached hydrogen (secondary N) is 1. The second kappa shape index (κ2) is 8.54. The number of benzene rings is 2. The molecule has 2 heterocycles. The number of aromatic nitrogens is 3. The predicted molar refractivity (Wildman–Crippen MR) is 133 cm³/mol. The number of halogens is 1. The summed E-state index contributed by atoms with van der Waals surface area (Å²) in [6.07, 6.45) is 2.22. The third-order valence-electron chi connectivity index (χ3n) is 5.62. The molecule has 1 aliphatic rings. The summed E-state index contributed by atoms with van der Waals surface area (Å²) in [7, 11) is -7.44. The van der Waals surface area contributed by atoms with E-state index in [0.29, 0.717) is 35.8 Å². The molecule has 2 aromatic carbocycles. The lowest BCUT2D eigenvalue weighted by Crippen LogP contribution is -2.35. The van der Waals surface area contributed by atoms with E-state index in [1.54, 1.807) is 42.5 Å². The van der Waals surface area contributed by atoms with Crippen molar-refractivity contribution in [3.63, 3.8) is 0 Å². The standard InChI is InChI=1S/C22H26ClN5O4S2/c1-22(2,3)15-7-10-17(11-8-15)34(31,32)25-18-12-9-16(23)14-20(18)28-19-6-5-13-27(33(4,29)30)21(19)24-26-28/h7-12,14,25H,5-6,13H2,1-4H3. The Bertz CT molecular complexity index is 1440. The van der Waals surface area contributed by atoms with E-state index < -0.39 is 20.0 Å². The summed E-state index contributed by atoms with van der Waals surface area (Å²) in [5.41, 5.74) is 2.07. The Balaban J connectivity index is 1.74. The molecule has 0 bridgehead atoms. The highest BCUT2D eigenvalue weighted by atomic mass is 35.5. The topological polar surface area (TPSA) is 114 Å². The molecule has 1 aliphatic heterocycles. The van der Waals surface area contributed by atoms with Gasteiger partial charge in [-0.1, -0.05) is 49.7 Å². The van der Waals surface area contributed by atoms with Gasteiger partial charge in [0.1, 0.15) is 0 Å². The molecule has 0 radical (unpaired) electrons. The number of hydrogen-bond acceptors (Lipinski definition) is 6. The van der Waals surface area contributed by atoms with Crippen molar-refractivity contribution in [2.75, 3.05) is 21.8 Å². The van der Waals surface area contributed by atoms with Crippen LogP contribution in [-0.2, 0) is 31.9 Å². The molecule has 0 saturated carbocycles. The highest BCUT2D eigenvalue weighted by Crippen LogP contribution is 2.33. The van der Waals surface area contributed by atoms with Crippen LogP contribution in [0.4, 0.5) is 11.5 Å². The van der Waals surface area contributed by atoms with Gasteiger partial charge in [0, 0.05) is 11.6 Å². The molecule has 34 heavy (non-hydrogen) atoms. The Labute approximate surface area is 204 Å². The Morgan fingerprint density at radius 2 is 1.71 bits per heavy atom. The quantitative estimate of drug-likeness (QED) is 0.545. The minimum Gasteiger partial charge on any atom is -0.277 e. The summed E-state index contributed by atoms with van der Waals surface area (Å²) in [5, 5.41) is 8.59. The Morgan fingerprint density at radius 3 is 2.32 bits per heavy atom. The van der Waals surface area contributed by atoms with Crippen LogP contribution in [0.25, 0.3) is 5.69 Å². The van der Waals surface area contributed by atoms with Gasteiger partial charge in [-0.05, 0) is 54.2 Å². The number of nitrogens with zero attached hydrogens (tertiary/aromatic N) is 4. The molecular formula is C22H26ClN5O4S2. The van der Waals surface area contributed by atoms with Crippen LogP contribution in [0.15, 0.2) is 47.4 Å². The summed E-state index contributed by atoms with van der Waals surface area (Å²) in [6.45, 7) is 6.47. The van der Waals surface area contributed by atoms with E-state index in [2.05, 4.69) is 35.8 Å². The zero-order valence-corrected chi connectivity index (χ0v) is 21.7. The summed E-state index contributed by atoms with van der Waals surface area (Å²) in [4.78, 5) is 0.116. The molecule has 0 amide bonds. The number of sulfonamides is 2. The maximum absolute atomic E-state index is 13.2. The van der Waals surface area contributed by atoms with Gasteiger partial charge < -0.3 is 0 Å². The molecule has 4 rings (SSSR count). The first-order chi connectivity index (χ1) is 15.8. The van der Waals surface area contributed by atoms with Crippen molar-refractivity contribution >= 4 is 43.2 Å². The van der Waals surface area contributed by atoms with Crippen LogP contribution < -0.4 is 9.03 Å². The number of fused-ring (bicyclic) bond motifs is 1. The highest BCUT2D eigenvalue weighted by Gasteiger charge is 2.30. The molecule has 1 N–H and O–H groups in total. The summed E-state index contributed by atoms with van der Waals surface area (Å²) >= 11 is 6.22. The van der Waals surface area contributed by atoms with Crippen molar-refractivity contribution in [2.24, 2.45) is 0 Å². The first-order valence-corrected chi connectivity index (χ1v) is 14.3. The van der Waals surface area contributed by atoms with Gasteiger partial charge in [-0.2, -0.15) is 0 Å². The predicted octanol–water partition coefficient (Wildman–Crippen LogP) is 3.73. The molecule has 0 spiro atoms. The van der Waals surface area contributed by atoms with Crippen LogP contribution >= 0.6 is 11.6 Å². The van der Waals surface area contributed by atoms with Gasteiger partial charge in [-0.3, -0.25) is 9.03 Å². The zero-order valence-electron chi connectivity index (χ0n) is 19.3. The highest BCUT2D eigenvalue weighted by molar-refractivity contribution is 7.92. The van der Waals surface area contributed by atoms with Crippen molar-refractivity contribution in [3.05, 3.63) is 58.7 Å². The van der Waals surface area contributed by atoms with Crippen LogP contribution in [0.5, 0.6) is 0 Å². The van der Waals surface area contributed by atoms with Gasteiger partial charge in [-0.15, -0.1) is 5.10 Å². The molecule has 0 aliphatic carbocycles. The molecule has 0 fully saturated rings. The van der Waals surface area contributed by atoms with E-state index in [4.69, 9.17) is 11.6 Å². The van der Waals surface area contributed by atoms with E-state index in [-0.39, 0.29) is 21.8 Å². The fourth-order valence-electron chi connectivity index (χ4n) is 3.82. The lowest BCUT2D eigenvalue weighted by Gasteiger charge is -2.25. The second-order valence-electron chi connectivity index (χ2n) is 9.25. The van der Waals surface area contributed by atoms with Gasteiger partial charge in [-0.25, -0.2) is 21.5 Å². The molecule has 3 aromatic rings. The number of hydrogen-bond donors (Lipinski definition) is 1. The molecule has 0 unspecified atom stereocenters. The molecule has 182 valence electrons. The first-order valence-electron chi connectivity index (χ1n) is 10.6. The van der Waals surface area contributed by atoms with Gasteiger partial charge in [0.05, 0.1) is 28.2 Å². The minimum absolute atomic E-state index is 0.106. The van der Waals surface area contributed by atoms with E-state index in [1.807, 2.05) is 0 Å². The van der Waals surface area contributed by atoms with Crippen molar-refractivity contribution < 1.29 is 16.8 Å². The van der Waals surface area contributed by atoms with E-state index in [1.165, 1.54) is 8.99 Å². The van der Waals surface area contributed by atoms with Crippen LogP contribution in [0.1, 0.15) is 38.4 Å². The molecule has 0 atom stereocenters. The van der Waals surface area contributed by atoms with Crippen LogP contribution in [-0.4, -0.2) is 44.6 Å². The van der Waals surface area contributed by atoms with E-state index in [0.717, 1.165) is 11.8 Å². The molecular weight excluding hydrogens is 498 g/mol. The third kappa shape index (κ3) is 4.77. The third-order valence-corrected chi connectivity index (χ3v) is 8.39. The van der Waals surface area contributed by atoms with Crippen molar-refractivity contribution in [1.82, 2.24) is 15.0 Å². The normalized spacial score (nSPS) is 14.7. The Kier molecular flexibility index (Phi) is 6.16. The van der Waals surface area contributed by atoms with Gasteiger partial charge in [0.2, 0.25) is 10.0 Å². The summed E-state index contributed by atoms with van der Waals surface area (Å²) in [5.74, 6) is 0.236. The average Bonchev–Trinajstić information content (AvgIpc) is 3.17. The van der Waals surface area contributed by atoms with Crippen LogP contribution in [0.3, 0.4) is 0 Å². The second-order valence-corrected chi connectivity index (χ2v) is 13.3. The molecule has 1 aromatic heterocycles. The average molecular weight is 524 g/mol. The molecule has 12 heteroatoms. The fourth-order valence-corrected chi connectivity index (χ4v) is 5.98. The van der Waals surface area contributed by atoms with Crippen molar-refractivity contribution in [2.45, 2.75) is 43.9 Å². The summed E-state index contributed by atoms with van der Waals surface area (Å²) in [6, 6.07) is 11.4. The van der Waals surface area contributed by atoms with E-state index >= 15 is 0 Å². The van der Waals surface area contributed by atoms with Gasteiger partial charge in [0.25, 0.3) is 10.0 Å². The molecule has 0 saturated heterocycles. The fraction of sp³-hybridized carbons (Fsp3) is 0.364. The molecule has 9 nitrogen and oxygen atoms in total. The number of rotatable bonds is 5. The monoisotopic (exact) mass is 523 g/mol. The Morgan fingerprint density at radius 1 is 1.03 bits per heavy atom. The maximum atomic E-state index is 13.2. The minimum atomic E-state index is -3.92. The number of anilines is 2. The largest absolute Gasteiger partial charge is 0.277 e. The van der Waals surface area contributed by atoms with Crippen molar-refractivity contribution in [3.8, 4) is 5.69 Å². The lowest BCUT2D eigenvalue weighted by atomic mass is 9.87.